The van der Waals surface area contributed by atoms with E-state index >= 15 is 0 Å². The molecule has 1 fully saturated rings. The average molecular weight is 274 g/mol. The van der Waals surface area contributed by atoms with E-state index in [1.807, 2.05) is 0 Å². The molecule has 0 amide bonds. The van der Waals surface area contributed by atoms with Crippen LogP contribution in [0.3, 0.4) is 0 Å². The molecule has 1 atom stereocenters. The molecule has 0 aromatic heterocycles. The first kappa shape index (κ1) is 15.5. The molecule has 1 aliphatic carbocycles. The van der Waals surface area contributed by atoms with Gasteiger partial charge >= 0.3 is 0 Å². The lowest BCUT2D eigenvalue weighted by Crippen LogP contribution is -2.28. The number of nitrogens with one attached hydrogen (secondary N) is 1. The Morgan fingerprint density at radius 3 is 2.20 bits per heavy atom. The molecule has 0 spiro atoms. The van der Waals surface area contributed by atoms with Crippen LogP contribution in [-0.4, -0.2) is 0 Å². The van der Waals surface area contributed by atoms with Crippen molar-refractivity contribution in [2.75, 3.05) is 0 Å². The molecule has 112 valence electrons. The van der Waals surface area contributed by atoms with Gasteiger partial charge in [0, 0.05) is 6.04 Å². The molecule has 1 aliphatic rings. The fraction of sp³-hybridized carbons (Fsp3) is 0.667. The molecule has 20 heavy (non-hydrogen) atoms. The number of hydrogen-bond donors (Lipinski definition) is 2. The summed E-state index contributed by atoms with van der Waals surface area (Å²) in [4.78, 5) is 0. The third-order valence-electron chi connectivity index (χ3n) is 4.80. The lowest BCUT2D eigenvalue weighted by Gasteiger charge is -2.24. The highest BCUT2D eigenvalue weighted by atomic mass is 15.2. The lowest BCUT2D eigenvalue weighted by atomic mass is 9.84. The molecule has 0 aliphatic heterocycles. The average Bonchev–Trinajstić information content (AvgIpc) is 2.49. The smallest absolute Gasteiger partial charge is 0.0460 e. The SMILES string of the molecule is CC(C)c1ccc(C(CCC2CCCCC2)NN)cc1. The minimum atomic E-state index is 0.304. The summed E-state index contributed by atoms with van der Waals surface area (Å²) in [5, 5.41) is 0. The van der Waals surface area contributed by atoms with Crippen molar-refractivity contribution in [3.63, 3.8) is 0 Å². The number of nitrogens with two attached hydrogens (primary N) is 1. The van der Waals surface area contributed by atoms with Gasteiger partial charge in [-0.05, 0) is 35.8 Å². The van der Waals surface area contributed by atoms with Crippen LogP contribution in [0.2, 0.25) is 0 Å². The van der Waals surface area contributed by atoms with Gasteiger partial charge in [0.25, 0.3) is 0 Å². The minimum Gasteiger partial charge on any atom is -0.271 e. The zero-order valence-electron chi connectivity index (χ0n) is 13.1. The van der Waals surface area contributed by atoms with Crippen LogP contribution in [0, 0.1) is 5.92 Å². The van der Waals surface area contributed by atoms with Crippen molar-refractivity contribution in [2.24, 2.45) is 11.8 Å². The van der Waals surface area contributed by atoms with E-state index in [-0.39, 0.29) is 0 Å². The highest BCUT2D eigenvalue weighted by Crippen LogP contribution is 2.30. The maximum absolute atomic E-state index is 5.77. The second-order valence-electron chi connectivity index (χ2n) is 6.62. The van der Waals surface area contributed by atoms with Crippen LogP contribution < -0.4 is 11.3 Å². The van der Waals surface area contributed by atoms with Crippen LogP contribution >= 0.6 is 0 Å². The minimum absolute atomic E-state index is 0.304. The Balaban J connectivity index is 1.89. The van der Waals surface area contributed by atoms with Gasteiger partial charge in [-0.3, -0.25) is 11.3 Å². The van der Waals surface area contributed by atoms with Gasteiger partial charge in [0.05, 0.1) is 0 Å². The van der Waals surface area contributed by atoms with E-state index in [2.05, 4.69) is 43.5 Å². The Morgan fingerprint density at radius 2 is 1.65 bits per heavy atom. The van der Waals surface area contributed by atoms with Crippen molar-refractivity contribution in [3.05, 3.63) is 35.4 Å². The Labute approximate surface area is 124 Å². The Morgan fingerprint density at radius 1 is 1.05 bits per heavy atom. The van der Waals surface area contributed by atoms with E-state index in [1.165, 1.54) is 49.7 Å². The van der Waals surface area contributed by atoms with Crippen molar-refractivity contribution in [1.82, 2.24) is 5.43 Å². The zero-order chi connectivity index (χ0) is 14.4. The lowest BCUT2D eigenvalue weighted by molar-refractivity contribution is 0.315. The zero-order valence-corrected chi connectivity index (χ0v) is 13.1. The highest BCUT2D eigenvalue weighted by Gasteiger charge is 2.16. The summed E-state index contributed by atoms with van der Waals surface area (Å²) < 4.78 is 0. The molecular formula is C18H30N2. The third-order valence-corrected chi connectivity index (χ3v) is 4.80. The van der Waals surface area contributed by atoms with Crippen molar-refractivity contribution < 1.29 is 0 Å². The molecule has 0 heterocycles. The molecule has 1 saturated carbocycles. The van der Waals surface area contributed by atoms with Gasteiger partial charge < -0.3 is 0 Å². The normalized spacial score (nSPS) is 18.4. The second-order valence-corrected chi connectivity index (χ2v) is 6.62. The van der Waals surface area contributed by atoms with Gasteiger partial charge in [-0.25, -0.2) is 0 Å². The molecule has 2 nitrogen and oxygen atoms in total. The van der Waals surface area contributed by atoms with Gasteiger partial charge in [0.2, 0.25) is 0 Å². The third kappa shape index (κ3) is 4.32. The maximum Gasteiger partial charge on any atom is 0.0460 e. The van der Waals surface area contributed by atoms with Crippen LogP contribution in [0.15, 0.2) is 24.3 Å². The van der Waals surface area contributed by atoms with E-state index in [0.717, 1.165) is 12.3 Å². The monoisotopic (exact) mass is 274 g/mol. The summed E-state index contributed by atoms with van der Waals surface area (Å²) in [6.07, 6.45) is 9.59. The van der Waals surface area contributed by atoms with Crippen LogP contribution in [0.1, 0.15) is 81.9 Å². The molecular weight excluding hydrogens is 244 g/mol. The first-order valence-electron chi connectivity index (χ1n) is 8.26. The predicted molar refractivity (Wildman–Crippen MR) is 86.4 cm³/mol. The summed E-state index contributed by atoms with van der Waals surface area (Å²) in [6.45, 7) is 4.47. The number of rotatable bonds is 6. The van der Waals surface area contributed by atoms with Crippen LogP contribution in [0.5, 0.6) is 0 Å². The van der Waals surface area contributed by atoms with E-state index < -0.39 is 0 Å². The van der Waals surface area contributed by atoms with Crippen LogP contribution in [0.4, 0.5) is 0 Å². The molecule has 2 heteroatoms. The molecule has 1 aromatic rings. The van der Waals surface area contributed by atoms with E-state index in [4.69, 9.17) is 5.84 Å². The topological polar surface area (TPSA) is 38.0 Å². The molecule has 2 rings (SSSR count). The van der Waals surface area contributed by atoms with Crippen LogP contribution in [-0.2, 0) is 0 Å². The van der Waals surface area contributed by atoms with Gasteiger partial charge in [-0.1, -0.05) is 70.2 Å². The highest BCUT2D eigenvalue weighted by molar-refractivity contribution is 5.26. The van der Waals surface area contributed by atoms with Gasteiger partial charge in [-0.15, -0.1) is 0 Å². The second kappa shape index (κ2) is 7.80. The van der Waals surface area contributed by atoms with Crippen molar-refractivity contribution in [2.45, 2.75) is 70.8 Å². The first-order chi connectivity index (χ1) is 9.70. The molecule has 1 unspecified atom stereocenters. The number of benzene rings is 1. The maximum atomic E-state index is 5.77. The van der Waals surface area contributed by atoms with E-state index in [9.17, 15) is 0 Å². The summed E-state index contributed by atoms with van der Waals surface area (Å²) in [6, 6.07) is 9.26. The van der Waals surface area contributed by atoms with E-state index in [0.29, 0.717) is 12.0 Å². The Kier molecular flexibility index (Phi) is 6.06. The molecule has 0 radical (unpaired) electrons. The quantitative estimate of drug-likeness (QED) is 0.584. The fourth-order valence-electron chi connectivity index (χ4n) is 3.34. The van der Waals surface area contributed by atoms with Gasteiger partial charge in [-0.2, -0.15) is 0 Å². The summed E-state index contributed by atoms with van der Waals surface area (Å²) in [5.41, 5.74) is 5.73. The first-order valence-corrected chi connectivity index (χ1v) is 8.26. The molecule has 1 aromatic carbocycles. The number of hydrogen-bond acceptors (Lipinski definition) is 2. The molecule has 0 bridgehead atoms. The molecule has 0 saturated heterocycles. The Bertz CT molecular complexity index is 377. The predicted octanol–water partition coefficient (Wildman–Crippen LogP) is 4.67. The van der Waals surface area contributed by atoms with E-state index in [1.54, 1.807) is 0 Å². The van der Waals surface area contributed by atoms with Crippen molar-refractivity contribution in [1.29, 1.82) is 0 Å². The van der Waals surface area contributed by atoms with Gasteiger partial charge in [0.1, 0.15) is 0 Å². The fourth-order valence-corrected chi connectivity index (χ4v) is 3.34. The number of hydrazine groups is 1. The summed E-state index contributed by atoms with van der Waals surface area (Å²) >= 11 is 0. The molecule has 3 N–H and O–H groups in total. The summed E-state index contributed by atoms with van der Waals surface area (Å²) in [7, 11) is 0. The van der Waals surface area contributed by atoms with Crippen LogP contribution in [0.25, 0.3) is 0 Å². The Hall–Kier alpha value is -0.860. The van der Waals surface area contributed by atoms with Crippen molar-refractivity contribution in [3.8, 4) is 0 Å². The van der Waals surface area contributed by atoms with Gasteiger partial charge in [0.15, 0.2) is 0 Å². The largest absolute Gasteiger partial charge is 0.271 e. The standard InChI is InChI=1S/C18H30N2/c1-14(2)16-9-11-17(12-10-16)18(20-19)13-8-15-6-4-3-5-7-15/h9-12,14-15,18,20H,3-8,13,19H2,1-2H3. The van der Waals surface area contributed by atoms with Crippen molar-refractivity contribution >= 4 is 0 Å². The summed E-state index contributed by atoms with van der Waals surface area (Å²) in [5.74, 6) is 7.29.